The van der Waals surface area contributed by atoms with Crippen LogP contribution in [0.3, 0.4) is 0 Å². The summed E-state index contributed by atoms with van der Waals surface area (Å²) in [5, 5.41) is 2.90. The Morgan fingerprint density at radius 1 is 1.14 bits per heavy atom. The smallest absolute Gasteiger partial charge is 0.278 e. The molecular weight excluding hydrogens is 445 g/mol. The summed E-state index contributed by atoms with van der Waals surface area (Å²) in [4.78, 5) is 29.9. The summed E-state index contributed by atoms with van der Waals surface area (Å²) >= 11 is 0. The number of nitrogens with zero attached hydrogens (tertiary/aromatic N) is 5. The van der Waals surface area contributed by atoms with E-state index in [0.717, 1.165) is 43.1 Å². The summed E-state index contributed by atoms with van der Waals surface area (Å²) in [5.74, 6) is 0.352. The molecule has 0 aliphatic carbocycles. The van der Waals surface area contributed by atoms with Crippen LogP contribution in [0.1, 0.15) is 16.9 Å². The number of rotatable bonds is 6. The summed E-state index contributed by atoms with van der Waals surface area (Å²) in [7, 11) is 5.81. The van der Waals surface area contributed by atoms with E-state index in [2.05, 4.69) is 25.2 Å². The number of morpholine rings is 1. The Kier molecular flexibility index (Phi) is 6.78. The SMILES string of the molecule is [B]N1CC[C@H](Oc2ccc(-c3cnc(N)c(C(=O)Nc4cnccc4N4CCOCC4)n3)cc2)C1. The quantitative estimate of drug-likeness (QED) is 0.519. The highest BCUT2D eigenvalue weighted by Gasteiger charge is 2.21. The standard InChI is InChI=1S/C24H26BN7O3/c25-32-8-6-18(15-32)35-17-3-1-16(2-4-17)19-14-28-23(26)22(29-19)24(33)30-20-13-27-7-5-21(20)31-9-11-34-12-10-31/h1-5,7,13-14,18H,6,8-12,15H2,(H2,26,28)(H,30,33)/t18-/m0/s1. The summed E-state index contributed by atoms with van der Waals surface area (Å²) in [5.41, 5.74) is 8.84. The minimum absolute atomic E-state index is 0.0496. The molecule has 0 saturated carbocycles. The van der Waals surface area contributed by atoms with Crippen LogP contribution in [0.5, 0.6) is 5.75 Å². The predicted octanol–water partition coefficient (Wildman–Crippen LogP) is 1.75. The first-order valence-electron chi connectivity index (χ1n) is 11.5. The molecule has 178 valence electrons. The highest BCUT2D eigenvalue weighted by atomic mass is 16.5. The molecular formula is C24H26BN7O3. The van der Waals surface area contributed by atoms with Crippen molar-refractivity contribution in [1.29, 1.82) is 0 Å². The highest BCUT2D eigenvalue weighted by Crippen LogP contribution is 2.27. The zero-order valence-corrected chi connectivity index (χ0v) is 19.3. The Bertz CT molecular complexity index is 1190. The number of nitrogens with one attached hydrogen (secondary N) is 1. The van der Waals surface area contributed by atoms with Gasteiger partial charge in [-0.3, -0.25) is 9.78 Å². The number of carbonyl (C=O) groups is 1. The van der Waals surface area contributed by atoms with Crippen molar-refractivity contribution >= 4 is 31.1 Å². The number of hydrogen-bond acceptors (Lipinski definition) is 9. The maximum absolute atomic E-state index is 13.1. The zero-order chi connectivity index (χ0) is 24.2. The van der Waals surface area contributed by atoms with Crippen molar-refractivity contribution < 1.29 is 14.3 Å². The second-order valence-electron chi connectivity index (χ2n) is 8.48. The van der Waals surface area contributed by atoms with Crippen molar-refractivity contribution in [2.45, 2.75) is 12.5 Å². The Balaban J connectivity index is 1.32. The summed E-state index contributed by atoms with van der Waals surface area (Å²) < 4.78 is 11.4. The molecule has 0 unspecified atom stereocenters. The van der Waals surface area contributed by atoms with Crippen LogP contribution in [0.25, 0.3) is 11.3 Å². The normalized spacial score (nSPS) is 18.4. The number of benzene rings is 1. The molecule has 3 N–H and O–H groups in total. The number of anilines is 3. The number of carbonyl (C=O) groups excluding carboxylic acids is 1. The largest absolute Gasteiger partial charge is 0.489 e. The van der Waals surface area contributed by atoms with Gasteiger partial charge in [-0.15, -0.1) is 0 Å². The van der Waals surface area contributed by atoms with Crippen molar-refractivity contribution in [3.8, 4) is 17.0 Å². The molecule has 1 aromatic carbocycles. The summed E-state index contributed by atoms with van der Waals surface area (Å²) in [6.45, 7) is 4.25. The van der Waals surface area contributed by atoms with Crippen molar-refractivity contribution in [2.24, 2.45) is 0 Å². The fourth-order valence-corrected chi connectivity index (χ4v) is 4.20. The predicted molar refractivity (Wildman–Crippen MR) is 133 cm³/mol. The van der Waals surface area contributed by atoms with Gasteiger partial charge in [-0.05, 0) is 43.3 Å². The topological polar surface area (TPSA) is 119 Å². The Morgan fingerprint density at radius 3 is 2.69 bits per heavy atom. The molecule has 0 bridgehead atoms. The minimum Gasteiger partial charge on any atom is -0.489 e. The molecule has 0 spiro atoms. The van der Waals surface area contributed by atoms with Crippen LogP contribution < -0.4 is 20.7 Å². The van der Waals surface area contributed by atoms with E-state index < -0.39 is 5.91 Å². The summed E-state index contributed by atoms with van der Waals surface area (Å²) in [6, 6.07) is 9.37. The Labute approximate surface area is 204 Å². The van der Waals surface area contributed by atoms with Crippen LogP contribution in [0.2, 0.25) is 0 Å². The minimum atomic E-state index is -0.452. The van der Waals surface area contributed by atoms with Gasteiger partial charge in [-0.25, -0.2) is 9.97 Å². The molecule has 5 rings (SSSR count). The lowest BCUT2D eigenvalue weighted by molar-refractivity contribution is 0.102. The second kappa shape index (κ2) is 10.3. The monoisotopic (exact) mass is 471 g/mol. The molecule has 3 aromatic rings. The van der Waals surface area contributed by atoms with E-state index in [1.165, 1.54) is 0 Å². The molecule has 2 radical (unpaired) electrons. The molecule has 10 nitrogen and oxygen atoms in total. The highest BCUT2D eigenvalue weighted by molar-refractivity contribution is 6.07. The van der Waals surface area contributed by atoms with Crippen LogP contribution in [0.4, 0.5) is 17.2 Å². The number of nitrogen functional groups attached to an aromatic ring is 1. The van der Waals surface area contributed by atoms with Crippen molar-refractivity contribution in [3.05, 3.63) is 54.6 Å². The third kappa shape index (κ3) is 5.36. The van der Waals surface area contributed by atoms with Crippen molar-refractivity contribution in [1.82, 2.24) is 19.8 Å². The number of nitrogens with two attached hydrogens (primary N) is 1. The van der Waals surface area contributed by atoms with Gasteiger partial charge in [0.15, 0.2) is 19.5 Å². The van der Waals surface area contributed by atoms with E-state index in [4.69, 9.17) is 23.2 Å². The molecule has 2 aromatic heterocycles. The number of pyridine rings is 1. The van der Waals surface area contributed by atoms with Gasteiger partial charge in [0, 0.05) is 31.4 Å². The van der Waals surface area contributed by atoms with Gasteiger partial charge < -0.3 is 30.2 Å². The van der Waals surface area contributed by atoms with Crippen LogP contribution in [0.15, 0.2) is 48.9 Å². The number of aromatic nitrogens is 3. The molecule has 1 amide bonds. The van der Waals surface area contributed by atoms with E-state index in [1.54, 1.807) is 23.4 Å². The number of hydrogen-bond donors (Lipinski definition) is 2. The molecule has 35 heavy (non-hydrogen) atoms. The first-order chi connectivity index (χ1) is 17.1. The average Bonchev–Trinajstić information content (AvgIpc) is 3.30. The van der Waals surface area contributed by atoms with E-state index in [9.17, 15) is 4.79 Å². The first kappa shape index (κ1) is 23.1. The van der Waals surface area contributed by atoms with Gasteiger partial charge >= 0.3 is 0 Å². The van der Waals surface area contributed by atoms with E-state index >= 15 is 0 Å². The molecule has 11 heteroatoms. The maximum atomic E-state index is 13.1. The zero-order valence-electron chi connectivity index (χ0n) is 19.3. The van der Waals surface area contributed by atoms with Crippen molar-refractivity contribution in [3.63, 3.8) is 0 Å². The van der Waals surface area contributed by atoms with Gasteiger partial charge in [-0.2, -0.15) is 0 Å². The lowest BCUT2D eigenvalue weighted by Gasteiger charge is -2.30. The number of amides is 1. The molecule has 2 saturated heterocycles. The van der Waals surface area contributed by atoms with Gasteiger partial charge in [-0.1, -0.05) is 0 Å². The van der Waals surface area contributed by atoms with E-state index in [-0.39, 0.29) is 17.6 Å². The van der Waals surface area contributed by atoms with Gasteiger partial charge in [0.2, 0.25) is 0 Å². The first-order valence-corrected chi connectivity index (χ1v) is 11.5. The second-order valence-corrected chi connectivity index (χ2v) is 8.48. The van der Waals surface area contributed by atoms with Gasteiger partial charge in [0.1, 0.15) is 11.9 Å². The third-order valence-electron chi connectivity index (χ3n) is 6.04. The van der Waals surface area contributed by atoms with Gasteiger partial charge in [0.25, 0.3) is 5.91 Å². The summed E-state index contributed by atoms with van der Waals surface area (Å²) in [6.07, 6.45) is 5.83. The Morgan fingerprint density at radius 2 is 1.94 bits per heavy atom. The van der Waals surface area contributed by atoms with Crippen molar-refractivity contribution in [2.75, 3.05) is 55.3 Å². The van der Waals surface area contributed by atoms with Crippen LogP contribution in [-0.4, -0.2) is 79.1 Å². The van der Waals surface area contributed by atoms with Crippen LogP contribution >= 0.6 is 0 Å². The molecule has 2 aliphatic heterocycles. The third-order valence-corrected chi connectivity index (χ3v) is 6.04. The van der Waals surface area contributed by atoms with E-state index in [1.807, 2.05) is 30.3 Å². The van der Waals surface area contributed by atoms with Gasteiger partial charge in [0.05, 0.1) is 42.7 Å². The molecule has 2 fully saturated rings. The molecule has 4 heterocycles. The van der Waals surface area contributed by atoms with Crippen LogP contribution in [-0.2, 0) is 4.74 Å². The molecule has 2 aliphatic rings. The fourth-order valence-electron chi connectivity index (χ4n) is 4.20. The number of ether oxygens (including phenoxy) is 2. The fraction of sp³-hybridized carbons (Fsp3) is 0.333. The lowest BCUT2D eigenvalue weighted by atomic mass is 10.1. The maximum Gasteiger partial charge on any atom is 0.278 e. The van der Waals surface area contributed by atoms with E-state index in [0.29, 0.717) is 31.1 Å². The lowest BCUT2D eigenvalue weighted by Crippen LogP contribution is -2.36. The average molecular weight is 471 g/mol. The molecule has 1 atom stereocenters. The Hall–Kier alpha value is -3.70. The van der Waals surface area contributed by atoms with Crippen LogP contribution in [0, 0.1) is 0 Å².